The first kappa shape index (κ1) is 18.0. The van der Waals surface area contributed by atoms with Gasteiger partial charge < -0.3 is 10.6 Å². The van der Waals surface area contributed by atoms with Crippen LogP contribution in [0.25, 0.3) is 0 Å². The number of hydrogen-bond donors (Lipinski definition) is 2. The van der Waals surface area contributed by atoms with Crippen molar-refractivity contribution in [2.24, 2.45) is 4.99 Å². The van der Waals surface area contributed by atoms with Gasteiger partial charge in [0.2, 0.25) is 0 Å². The van der Waals surface area contributed by atoms with Crippen LogP contribution in [-0.4, -0.2) is 19.6 Å². The fourth-order valence-electron chi connectivity index (χ4n) is 1.65. The van der Waals surface area contributed by atoms with Gasteiger partial charge in [-0.15, -0.1) is 24.0 Å². The Labute approximate surface area is 133 Å². The summed E-state index contributed by atoms with van der Waals surface area (Å²) in [6.45, 7) is 5.86. The summed E-state index contributed by atoms with van der Waals surface area (Å²) < 4.78 is 0. The van der Waals surface area contributed by atoms with Gasteiger partial charge in [-0.1, -0.05) is 36.4 Å². The highest BCUT2D eigenvalue weighted by Crippen LogP contribution is 2.05. The highest BCUT2D eigenvalue weighted by Gasteiger charge is 1.99. The molecule has 106 valence electrons. The van der Waals surface area contributed by atoms with Crippen molar-refractivity contribution < 1.29 is 0 Å². The predicted molar refractivity (Wildman–Crippen MR) is 94.2 cm³/mol. The zero-order valence-electron chi connectivity index (χ0n) is 11.9. The Bertz CT molecular complexity index is 414. The number of guanidine groups is 1. The molecule has 0 saturated carbocycles. The van der Waals surface area contributed by atoms with Crippen molar-refractivity contribution >= 4 is 29.9 Å². The topological polar surface area (TPSA) is 36.4 Å². The van der Waals surface area contributed by atoms with Crippen LogP contribution in [0.15, 0.2) is 41.4 Å². The molecule has 2 N–H and O–H groups in total. The van der Waals surface area contributed by atoms with Crippen LogP contribution in [0.1, 0.15) is 24.5 Å². The molecule has 0 radical (unpaired) electrons. The molecule has 1 rings (SSSR count). The molecule has 0 unspecified atom stereocenters. The second kappa shape index (κ2) is 10.8. The van der Waals surface area contributed by atoms with Crippen molar-refractivity contribution in [3.8, 4) is 0 Å². The number of halogens is 1. The molecule has 0 amide bonds. The van der Waals surface area contributed by atoms with Gasteiger partial charge in [-0.2, -0.15) is 0 Å². The van der Waals surface area contributed by atoms with Crippen molar-refractivity contribution in [1.82, 2.24) is 10.6 Å². The SMILES string of the molecule is CC=CCCNC(=NC)NCc1ccccc1C.I. The van der Waals surface area contributed by atoms with E-state index in [0.29, 0.717) is 0 Å². The molecule has 0 bridgehead atoms. The molecule has 19 heavy (non-hydrogen) atoms. The number of allylic oxidation sites excluding steroid dienone is 1. The van der Waals surface area contributed by atoms with Crippen LogP contribution in [-0.2, 0) is 6.54 Å². The highest BCUT2D eigenvalue weighted by atomic mass is 127. The van der Waals surface area contributed by atoms with E-state index in [9.17, 15) is 0 Å². The van der Waals surface area contributed by atoms with E-state index in [1.54, 1.807) is 7.05 Å². The summed E-state index contributed by atoms with van der Waals surface area (Å²) in [6.07, 6.45) is 5.22. The van der Waals surface area contributed by atoms with Crippen molar-refractivity contribution in [2.75, 3.05) is 13.6 Å². The van der Waals surface area contributed by atoms with Crippen LogP contribution in [0.4, 0.5) is 0 Å². The van der Waals surface area contributed by atoms with E-state index in [4.69, 9.17) is 0 Å². The van der Waals surface area contributed by atoms with Gasteiger partial charge in [-0.3, -0.25) is 4.99 Å². The lowest BCUT2D eigenvalue weighted by Gasteiger charge is -2.12. The summed E-state index contributed by atoms with van der Waals surface area (Å²) in [6, 6.07) is 8.38. The molecule has 0 aliphatic rings. The standard InChI is InChI=1S/C15H23N3.HI/c1-4-5-8-11-17-15(16-3)18-12-14-10-7-6-9-13(14)2;/h4-7,9-10H,8,11-12H2,1-3H3,(H2,16,17,18);1H. The van der Waals surface area contributed by atoms with E-state index in [-0.39, 0.29) is 24.0 Å². The van der Waals surface area contributed by atoms with E-state index >= 15 is 0 Å². The number of benzene rings is 1. The number of rotatable bonds is 5. The Morgan fingerprint density at radius 1 is 1.26 bits per heavy atom. The van der Waals surface area contributed by atoms with Gasteiger partial charge in [0, 0.05) is 20.1 Å². The molecule has 1 aromatic rings. The fourth-order valence-corrected chi connectivity index (χ4v) is 1.65. The fraction of sp³-hybridized carbons (Fsp3) is 0.400. The van der Waals surface area contributed by atoms with E-state index in [1.165, 1.54) is 11.1 Å². The summed E-state index contributed by atoms with van der Waals surface area (Å²) in [7, 11) is 1.79. The van der Waals surface area contributed by atoms with Crippen LogP contribution in [0.5, 0.6) is 0 Å². The average molecular weight is 373 g/mol. The van der Waals surface area contributed by atoms with E-state index in [1.807, 2.05) is 6.92 Å². The minimum atomic E-state index is 0. The number of aryl methyl sites for hydroxylation is 1. The van der Waals surface area contributed by atoms with E-state index in [0.717, 1.165) is 25.5 Å². The van der Waals surface area contributed by atoms with Crippen molar-refractivity contribution in [2.45, 2.75) is 26.8 Å². The zero-order valence-corrected chi connectivity index (χ0v) is 14.3. The maximum absolute atomic E-state index is 4.20. The van der Waals surface area contributed by atoms with Crippen LogP contribution in [0, 0.1) is 6.92 Å². The molecule has 0 fully saturated rings. The first-order valence-corrected chi connectivity index (χ1v) is 6.38. The van der Waals surface area contributed by atoms with Crippen molar-refractivity contribution in [3.05, 3.63) is 47.5 Å². The minimum Gasteiger partial charge on any atom is -0.356 e. The number of aliphatic imine (C=N–C) groups is 1. The quantitative estimate of drug-likeness (QED) is 0.273. The molecule has 3 nitrogen and oxygen atoms in total. The van der Waals surface area contributed by atoms with Gasteiger partial charge >= 0.3 is 0 Å². The number of hydrogen-bond acceptors (Lipinski definition) is 1. The first-order valence-electron chi connectivity index (χ1n) is 6.38. The van der Waals surface area contributed by atoms with Crippen LogP contribution in [0.2, 0.25) is 0 Å². The molecule has 0 aliphatic heterocycles. The van der Waals surface area contributed by atoms with Gasteiger partial charge in [0.15, 0.2) is 5.96 Å². The molecule has 0 aliphatic carbocycles. The largest absolute Gasteiger partial charge is 0.356 e. The van der Waals surface area contributed by atoms with Crippen molar-refractivity contribution in [1.29, 1.82) is 0 Å². The number of nitrogens with zero attached hydrogens (tertiary/aromatic N) is 1. The molecule has 1 aromatic carbocycles. The zero-order chi connectivity index (χ0) is 13.2. The Hall–Kier alpha value is -1.04. The second-order valence-electron chi connectivity index (χ2n) is 4.14. The monoisotopic (exact) mass is 373 g/mol. The third kappa shape index (κ3) is 7.20. The Kier molecular flexibility index (Phi) is 10.2. The molecule has 4 heteroatoms. The third-order valence-corrected chi connectivity index (χ3v) is 2.77. The molecule has 0 heterocycles. The van der Waals surface area contributed by atoms with Gasteiger partial charge in [-0.25, -0.2) is 0 Å². The Morgan fingerprint density at radius 2 is 2.00 bits per heavy atom. The van der Waals surface area contributed by atoms with Gasteiger partial charge in [0.25, 0.3) is 0 Å². The maximum atomic E-state index is 4.20. The van der Waals surface area contributed by atoms with Crippen LogP contribution < -0.4 is 10.6 Å². The lowest BCUT2D eigenvalue weighted by molar-refractivity contribution is 0.801. The second-order valence-corrected chi connectivity index (χ2v) is 4.14. The molecular weight excluding hydrogens is 349 g/mol. The Balaban J connectivity index is 0.00000324. The van der Waals surface area contributed by atoms with E-state index in [2.05, 4.69) is 59.0 Å². The van der Waals surface area contributed by atoms with Crippen LogP contribution in [0.3, 0.4) is 0 Å². The minimum absolute atomic E-state index is 0. The number of nitrogens with one attached hydrogen (secondary N) is 2. The summed E-state index contributed by atoms with van der Waals surface area (Å²) in [5.74, 6) is 0.850. The van der Waals surface area contributed by atoms with Gasteiger partial charge in [0.05, 0.1) is 0 Å². The summed E-state index contributed by atoms with van der Waals surface area (Å²) in [5.41, 5.74) is 2.60. The van der Waals surface area contributed by atoms with Gasteiger partial charge in [0.1, 0.15) is 0 Å². The normalized spacial score (nSPS) is 11.2. The van der Waals surface area contributed by atoms with Crippen molar-refractivity contribution in [3.63, 3.8) is 0 Å². The maximum Gasteiger partial charge on any atom is 0.191 e. The predicted octanol–water partition coefficient (Wildman–Crippen LogP) is 3.24. The van der Waals surface area contributed by atoms with Crippen LogP contribution >= 0.6 is 24.0 Å². The van der Waals surface area contributed by atoms with Gasteiger partial charge in [-0.05, 0) is 31.4 Å². The van der Waals surface area contributed by atoms with E-state index < -0.39 is 0 Å². The smallest absolute Gasteiger partial charge is 0.191 e. The molecule has 0 spiro atoms. The average Bonchev–Trinajstić information content (AvgIpc) is 2.40. The summed E-state index contributed by atoms with van der Waals surface area (Å²) in [5, 5.41) is 6.60. The lowest BCUT2D eigenvalue weighted by atomic mass is 10.1. The lowest BCUT2D eigenvalue weighted by Crippen LogP contribution is -2.37. The molecule has 0 saturated heterocycles. The Morgan fingerprint density at radius 3 is 2.63 bits per heavy atom. The first-order chi connectivity index (χ1) is 8.77. The highest BCUT2D eigenvalue weighted by molar-refractivity contribution is 14.0. The molecule has 0 aromatic heterocycles. The summed E-state index contributed by atoms with van der Waals surface area (Å²) in [4.78, 5) is 4.20. The molecule has 0 atom stereocenters. The summed E-state index contributed by atoms with van der Waals surface area (Å²) >= 11 is 0. The molecular formula is C15H24IN3. The third-order valence-electron chi connectivity index (χ3n) is 2.77.